The fourth-order valence-electron chi connectivity index (χ4n) is 1.29. The molecule has 0 aliphatic rings. The molecule has 1 aromatic rings. The first-order valence-electron chi connectivity index (χ1n) is 6.06. The van der Waals surface area contributed by atoms with Gasteiger partial charge >= 0.3 is 0 Å². The number of hydrogen-bond acceptors (Lipinski definition) is 2. The van der Waals surface area contributed by atoms with Crippen LogP contribution in [0.4, 0.5) is 0 Å². The van der Waals surface area contributed by atoms with Crippen molar-refractivity contribution in [2.24, 2.45) is 0 Å². The maximum absolute atomic E-state index is 11.4. The second-order valence-electron chi connectivity index (χ2n) is 4.00. The van der Waals surface area contributed by atoms with Crippen molar-refractivity contribution in [1.82, 2.24) is 5.32 Å². The van der Waals surface area contributed by atoms with Crippen molar-refractivity contribution >= 4 is 5.91 Å². The molecule has 0 aromatic heterocycles. The number of carbonyl (C=O) groups excluding carboxylic acids is 1. The minimum atomic E-state index is -0.861. The molecule has 2 N–H and O–H groups in total. The lowest BCUT2D eigenvalue weighted by Crippen LogP contribution is -2.23. The SMILES string of the molecule is CC.CCNC(=O)c1ccc(C(C)(C)O)cc1. The third kappa shape index (κ3) is 5.00. The summed E-state index contributed by atoms with van der Waals surface area (Å²) in [5.74, 6) is -0.0835. The Labute approximate surface area is 104 Å². The van der Waals surface area contributed by atoms with E-state index in [9.17, 15) is 9.90 Å². The molecule has 96 valence electrons. The van der Waals surface area contributed by atoms with E-state index in [2.05, 4.69) is 5.32 Å². The summed E-state index contributed by atoms with van der Waals surface area (Å²) in [6, 6.07) is 6.98. The molecular formula is C14H23NO2. The summed E-state index contributed by atoms with van der Waals surface area (Å²) in [5, 5.41) is 12.4. The first-order chi connectivity index (χ1) is 7.95. The Morgan fingerprint density at radius 1 is 1.24 bits per heavy atom. The lowest BCUT2D eigenvalue weighted by molar-refractivity contribution is 0.0784. The van der Waals surface area contributed by atoms with E-state index in [1.165, 1.54) is 0 Å². The van der Waals surface area contributed by atoms with Crippen molar-refractivity contribution in [3.05, 3.63) is 35.4 Å². The van der Waals surface area contributed by atoms with Crippen LogP contribution >= 0.6 is 0 Å². The molecule has 0 radical (unpaired) electrons. The highest BCUT2D eigenvalue weighted by Crippen LogP contribution is 2.19. The highest BCUT2D eigenvalue weighted by Gasteiger charge is 2.15. The Morgan fingerprint density at radius 3 is 2.06 bits per heavy atom. The quantitative estimate of drug-likeness (QED) is 0.849. The number of aliphatic hydroxyl groups is 1. The van der Waals surface area contributed by atoms with Gasteiger partial charge in [0.15, 0.2) is 0 Å². The summed E-state index contributed by atoms with van der Waals surface area (Å²) >= 11 is 0. The number of amides is 1. The first-order valence-corrected chi connectivity index (χ1v) is 6.06. The van der Waals surface area contributed by atoms with E-state index in [0.717, 1.165) is 5.56 Å². The Hall–Kier alpha value is -1.35. The molecule has 0 unspecified atom stereocenters. The summed E-state index contributed by atoms with van der Waals surface area (Å²) in [4.78, 5) is 11.4. The van der Waals surface area contributed by atoms with Crippen LogP contribution in [0.2, 0.25) is 0 Å². The van der Waals surface area contributed by atoms with Gasteiger partial charge in [0, 0.05) is 12.1 Å². The standard InChI is InChI=1S/C12H17NO2.C2H6/c1-4-13-11(14)9-5-7-10(8-6-9)12(2,3)15;1-2/h5-8,15H,4H2,1-3H3,(H,13,14);1-2H3. The zero-order valence-corrected chi connectivity index (χ0v) is 11.4. The van der Waals surface area contributed by atoms with E-state index in [4.69, 9.17) is 0 Å². The van der Waals surface area contributed by atoms with Crippen molar-refractivity contribution in [3.63, 3.8) is 0 Å². The molecule has 1 amide bonds. The molecule has 3 heteroatoms. The average molecular weight is 237 g/mol. The summed E-state index contributed by atoms with van der Waals surface area (Å²) in [6.45, 7) is 9.93. The Balaban J connectivity index is 0.00000121. The molecule has 1 rings (SSSR count). The molecular weight excluding hydrogens is 214 g/mol. The number of benzene rings is 1. The Morgan fingerprint density at radius 2 is 1.71 bits per heavy atom. The lowest BCUT2D eigenvalue weighted by Gasteiger charge is -2.17. The summed E-state index contributed by atoms with van der Waals surface area (Å²) in [6.07, 6.45) is 0. The highest BCUT2D eigenvalue weighted by atomic mass is 16.3. The van der Waals surface area contributed by atoms with E-state index in [-0.39, 0.29) is 5.91 Å². The van der Waals surface area contributed by atoms with E-state index < -0.39 is 5.60 Å². The molecule has 0 atom stereocenters. The first kappa shape index (κ1) is 15.7. The molecule has 3 nitrogen and oxygen atoms in total. The highest BCUT2D eigenvalue weighted by molar-refractivity contribution is 5.94. The minimum Gasteiger partial charge on any atom is -0.386 e. The van der Waals surface area contributed by atoms with Crippen LogP contribution in [0.15, 0.2) is 24.3 Å². The third-order valence-electron chi connectivity index (χ3n) is 2.19. The van der Waals surface area contributed by atoms with Gasteiger partial charge < -0.3 is 10.4 Å². The van der Waals surface area contributed by atoms with Crippen molar-refractivity contribution in [3.8, 4) is 0 Å². The fourth-order valence-corrected chi connectivity index (χ4v) is 1.29. The monoisotopic (exact) mass is 237 g/mol. The number of rotatable bonds is 3. The smallest absolute Gasteiger partial charge is 0.251 e. The van der Waals surface area contributed by atoms with Crippen LogP contribution in [-0.4, -0.2) is 17.6 Å². The number of carbonyl (C=O) groups is 1. The van der Waals surface area contributed by atoms with Gasteiger partial charge in [0.05, 0.1) is 5.60 Å². The summed E-state index contributed by atoms with van der Waals surface area (Å²) in [7, 11) is 0. The molecule has 0 saturated heterocycles. The normalized spacial score (nSPS) is 10.2. The van der Waals surface area contributed by atoms with Crippen LogP contribution in [0.3, 0.4) is 0 Å². The molecule has 0 aliphatic carbocycles. The topological polar surface area (TPSA) is 49.3 Å². The van der Waals surface area contributed by atoms with E-state index in [1.807, 2.05) is 20.8 Å². The van der Waals surface area contributed by atoms with Gasteiger partial charge in [-0.2, -0.15) is 0 Å². The van der Waals surface area contributed by atoms with Crippen LogP contribution in [0.5, 0.6) is 0 Å². The molecule has 0 saturated carbocycles. The molecule has 17 heavy (non-hydrogen) atoms. The number of hydrogen-bond donors (Lipinski definition) is 2. The minimum absolute atomic E-state index is 0.0835. The van der Waals surface area contributed by atoms with Crippen molar-refractivity contribution in [2.75, 3.05) is 6.54 Å². The average Bonchev–Trinajstić information content (AvgIpc) is 2.31. The van der Waals surface area contributed by atoms with Gasteiger partial charge in [-0.1, -0.05) is 26.0 Å². The second-order valence-corrected chi connectivity index (χ2v) is 4.00. The van der Waals surface area contributed by atoms with Gasteiger partial charge in [0.2, 0.25) is 0 Å². The zero-order chi connectivity index (χ0) is 13.5. The van der Waals surface area contributed by atoms with Crippen LogP contribution in [-0.2, 0) is 5.60 Å². The molecule has 0 bridgehead atoms. The van der Waals surface area contributed by atoms with Gasteiger partial charge in [0.1, 0.15) is 0 Å². The van der Waals surface area contributed by atoms with E-state index >= 15 is 0 Å². The van der Waals surface area contributed by atoms with Crippen LogP contribution in [0, 0.1) is 0 Å². The van der Waals surface area contributed by atoms with Crippen molar-refractivity contribution < 1.29 is 9.90 Å². The molecule has 0 aliphatic heterocycles. The summed E-state index contributed by atoms with van der Waals surface area (Å²) < 4.78 is 0. The van der Waals surface area contributed by atoms with Gasteiger partial charge in [0.25, 0.3) is 5.91 Å². The predicted octanol–water partition coefficient (Wildman–Crippen LogP) is 2.69. The largest absolute Gasteiger partial charge is 0.386 e. The fraction of sp³-hybridized carbons (Fsp3) is 0.500. The van der Waals surface area contributed by atoms with Crippen LogP contribution in [0.25, 0.3) is 0 Å². The molecule has 0 fully saturated rings. The summed E-state index contributed by atoms with van der Waals surface area (Å²) in [5.41, 5.74) is 0.556. The van der Waals surface area contributed by atoms with Gasteiger partial charge in [-0.3, -0.25) is 4.79 Å². The van der Waals surface area contributed by atoms with Crippen LogP contribution in [0.1, 0.15) is 50.5 Å². The third-order valence-corrected chi connectivity index (χ3v) is 2.19. The second kappa shape index (κ2) is 7.07. The van der Waals surface area contributed by atoms with Gasteiger partial charge in [-0.15, -0.1) is 0 Å². The van der Waals surface area contributed by atoms with Gasteiger partial charge in [-0.05, 0) is 38.5 Å². The predicted molar refractivity (Wildman–Crippen MR) is 71.0 cm³/mol. The van der Waals surface area contributed by atoms with E-state index in [0.29, 0.717) is 12.1 Å². The Kier molecular flexibility index (Phi) is 6.51. The van der Waals surface area contributed by atoms with Crippen LogP contribution < -0.4 is 5.32 Å². The maximum atomic E-state index is 11.4. The van der Waals surface area contributed by atoms with Gasteiger partial charge in [-0.25, -0.2) is 0 Å². The zero-order valence-electron chi connectivity index (χ0n) is 11.4. The lowest BCUT2D eigenvalue weighted by atomic mass is 9.97. The van der Waals surface area contributed by atoms with Crippen molar-refractivity contribution in [2.45, 2.75) is 40.2 Å². The Bertz CT molecular complexity index is 336. The molecule has 0 spiro atoms. The molecule has 0 heterocycles. The van der Waals surface area contributed by atoms with E-state index in [1.54, 1.807) is 38.1 Å². The number of nitrogens with one attached hydrogen (secondary N) is 1. The molecule has 1 aromatic carbocycles. The van der Waals surface area contributed by atoms with Crippen molar-refractivity contribution in [1.29, 1.82) is 0 Å². The maximum Gasteiger partial charge on any atom is 0.251 e.